The molecule has 0 spiro atoms. The summed E-state index contributed by atoms with van der Waals surface area (Å²) in [6.45, 7) is 3.56. The molecule has 0 aliphatic rings. The zero-order chi connectivity index (χ0) is 14.9. The second kappa shape index (κ2) is 5.16. The maximum Gasteiger partial charge on any atom is 0.326 e. The number of amides is 1. The third-order valence-corrected chi connectivity index (χ3v) is 2.75. The highest BCUT2D eigenvalue weighted by molar-refractivity contribution is 5.91. The maximum atomic E-state index is 11.1. The number of aliphatic carboxylic acids is 1. The fourth-order valence-corrected chi connectivity index (χ4v) is 1.93. The number of aromatic amines is 1. The van der Waals surface area contributed by atoms with Crippen LogP contribution in [0, 0.1) is 13.8 Å². The largest absolute Gasteiger partial charge is 0.480 e. The lowest BCUT2D eigenvalue weighted by molar-refractivity contribution is -0.139. The summed E-state index contributed by atoms with van der Waals surface area (Å²) in [6, 6.07) is 0.681. The van der Waals surface area contributed by atoms with Crippen molar-refractivity contribution in [2.75, 3.05) is 5.32 Å². The summed E-state index contributed by atoms with van der Waals surface area (Å²) >= 11 is 0. The van der Waals surface area contributed by atoms with Gasteiger partial charge in [-0.3, -0.25) is 4.79 Å². The van der Waals surface area contributed by atoms with Crippen molar-refractivity contribution in [1.82, 2.24) is 15.0 Å². The first-order valence-corrected chi connectivity index (χ1v) is 5.98. The van der Waals surface area contributed by atoms with E-state index in [0.717, 1.165) is 5.69 Å². The Morgan fingerprint density at radius 1 is 1.45 bits per heavy atom. The Hall–Kier alpha value is -2.64. The van der Waals surface area contributed by atoms with Gasteiger partial charge in [-0.25, -0.2) is 14.8 Å². The number of nitrogens with zero attached hydrogens (tertiary/aromatic N) is 2. The number of aromatic nitrogens is 3. The number of hydrogen-bond donors (Lipinski definition) is 4. The molecule has 1 amide bonds. The first-order chi connectivity index (χ1) is 9.36. The molecule has 0 aliphatic heterocycles. The van der Waals surface area contributed by atoms with Gasteiger partial charge >= 0.3 is 5.97 Å². The van der Waals surface area contributed by atoms with Crippen molar-refractivity contribution >= 4 is 28.7 Å². The van der Waals surface area contributed by atoms with E-state index in [9.17, 15) is 9.59 Å². The fourth-order valence-electron chi connectivity index (χ4n) is 1.93. The Morgan fingerprint density at radius 3 is 2.75 bits per heavy atom. The minimum absolute atomic E-state index is 0.316. The van der Waals surface area contributed by atoms with E-state index in [2.05, 4.69) is 20.3 Å². The number of rotatable bonds is 5. The topological polar surface area (TPSA) is 134 Å². The molecule has 0 bridgehead atoms. The summed E-state index contributed by atoms with van der Waals surface area (Å²) < 4.78 is 0. The van der Waals surface area contributed by atoms with Gasteiger partial charge in [0.05, 0.1) is 11.8 Å². The van der Waals surface area contributed by atoms with Gasteiger partial charge in [-0.05, 0) is 19.9 Å². The third-order valence-electron chi connectivity index (χ3n) is 2.75. The van der Waals surface area contributed by atoms with Crippen LogP contribution in [0.1, 0.15) is 17.9 Å². The molecule has 5 N–H and O–H groups in total. The molecule has 8 heteroatoms. The lowest BCUT2D eigenvalue weighted by atomic mass is 10.2. The highest BCUT2D eigenvalue weighted by atomic mass is 16.4. The molecule has 2 rings (SSSR count). The van der Waals surface area contributed by atoms with Crippen LogP contribution in [0.2, 0.25) is 0 Å². The quantitative estimate of drug-likeness (QED) is 0.621. The van der Waals surface area contributed by atoms with Crippen molar-refractivity contribution in [3.8, 4) is 0 Å². The van der Waals surface area contributed by atoms with Crippen LogP contribution in [-0.4, -0.2) is 38.0 Å². The molecule has 1 unspecified atom stereocenters. The van der Waals surface area contributed by atoms with E-state index in [1.807, 2.05) is 6.92 Å². The maximum absolute atomic E-state index is 11.1. The van der Waals surface area contributed by atoms with Crippen LogP contribution >= 0.6 is 0 Å². The fraction of sp³-hybridized carbons (Fsp3) is 0.333. The Kier molecular flexibility index (Phi) is 3.55. The van der Waals surface area contributed by atoms with E-state index in [1.54, 1.807) is 13.0 Å². The summed E-state index contributed by atoms with van der Waals surface area (Å²) in [5.74, 6) is -1.01. The zero-order valence-electron chi connectivity index (χ0n) is 11.1. The summed E-state index contributed by atoms with van der Waals surface area (Å²) in [5.41, 5.74) is 6.54. The predicted octanol–water partition coefficient (Wildman–Crippen LogP) is 0.315. The highest BCUT2D eigenvalue weighted by Gasteiger charge is 2.22. The molecule has 1 atom stereocenters. The Bertz CT molecular complexity index is 679. The minimum atomic E-state index is -1.17. The molecule has 0 aliphatic carbocycles. The van der Waals surface area contributed by atoms with Crippen LogP contribution in [-0.2, 0) is 9.59 Å². The standard InChI is InChI=1S/C12H15N5O3/c1-5-3-7-10(14-5)15-6(2)16-11(7)17-8(12(19)20)4-9(13)18/h3,8H,4H2,1-2H3,(H2,13,18)(H,19,20)(H2,14,15,16,17). The van der Waals surface area contributed by atoms with Gasteiger partial charge in [0.25, 0.3) is 0 Å². The average Bonchev–Trinajstić information content (AvgIpc) is 2.67. The normalized spacial score (nSPS) is 12.3. The van der Waals surface area contributed by atoms with E-state index >= 15 is 0 Å². The van der Waals surface area contributed by atoms with Gasteiger partial charge in [-0.15, -0.1) is 0 Å². The summed E-state index contributed by atoms with van der Waals surface area (Å²) in [7, 11) is 0. The monoisotopic (exact) mass is 277 g/mol. The molecule has 8 nitrogen and oxygen atoms in total. The van der Waals surface area contributed by atoms with Crippen molar-refractivity contribution in [3.05, 3.63) is 17.6 Å². The van der Waals surface area contributed by atoms with E-state index in [1.165, 1.54) is 0 Å². The van der Waals surface area contributed by atoms with Crippen molar-refractivity contribution < 1.29 is 14.7 Å². The Labute approximate surface area is 114 Å². The van der Waals surface area contributed by atoms with Gasteiger partial charge in [0, 0.05) is 5.69 Å². The minimum Gasteiger partial charge on any atom is -0.480 e. The van der Waals surface area contributed by atoms with Crippen LogP contribution in [0.4, 0.5) is 5.82 Å². The van der Waals surface area contributed by atoms with Gasteiger partial charge in [0.15, 0.2) is 0 Å². The van der Waals surface area contributed by atoms with Crippen LogP contribution in [0.5, 0.6) is 0 Å². The highest BCUT2D eigenvalue weighted by Crippen LogP contribution is 2.22. The average molecular weight is 277 g/mol. The van der Waals surface area contributed by atoms with E-state index in [4.69, 9.17) is 10.8 Å². The van der Waals surface area contributed by atoms with Gasteiger partial charge in [0.1, 0.15) is 23.3 Å². The molecule has 2 aromatic heterocycles. The first kappa shape index (κ1) is 13.8. The van der Waals surface area contributed by atoms with E-state index < -0.39 is 17.9 Å². The Balaban J connectivity index is 2.40. The number of H-pyrrole nitrogens is 1. The van der Waals surface area contributed by atoms with Crippen LogP contribution in [0.15, 0.2) is 6.07 Å². The summed E-state index contributed by atoms with van der Waals surface area (Å²) in [5, 5.41) is 12.5. The number of fused-ring (bicyclic) bond motifs is 1. The van der Waals surface area contributed by atoms with Crippen molar-refractivity contribution in [3.63, 3.8) is 0 Å². The molecule has 106 valence electrons. The smallest absolute Gasteiger partial charge is 0.326 e. The molecule has 2 aromatic rings. The number of carboxylic acids is 1. The van der Waals surface area contributed by atoms with Gasteiger partial charge < -0.3 is 21.1 Å². The molecule has 20 heavy (non-hydrogen) atoms. The molecular formula is C12H15N5O3. The van der Waals surface area contributed by atoms with Crippen molar-refractivity contribution in [2.45, 2.75) is 26.3 Å². The third kappa shape index (κ3) is 2.85. The van der Waals surface area contributed by atoms with E-state index in [-0.39, 0.29) is 6.42 Å². The lowest BCUT2D eigenvalue weighted by Gasteiger charge is -2.14. The number of nitrogens with one attached hydrogen (secondary N) is 2. The Morgan fingerprint density at radius 2 is 2.15 bits per heavy atom. The van der Waals surface area contributed by atoms with Crippen LogP contribution in [0.3, 0.4) is 0 Å². The number of carboxylic acid groups (broad SMARTS) is 1. The molecule has 0 aromatic carbocycles. The summed E-state index contributed by atoms with van der Waals surface area (Å²) in [4.78, 5) is 33.5. The van der Waals surface area contributed by atoms with Gasteiger partial charge in [-0.2, -0.15) is 0 Å². The first-order valence-electron chi connectivity index (χ1n) is 5.98. The van der Waals surface area contributed by atoms with E-state index in [0.29, 0.717) is 22.7 Å². The summed E-state index contributed by atoms with van der Waals surface area (Å²) in [6.07, 6.45) is -0.316. The van der Waals surface area contributed by atoms with Crippen LogP contribution < -0.4 is 11.1 Å². The molecule has 0 radical (unpaired) electrons. The molecule has 2 heterocycles. The van der Waals surface area contributed by atoms with Gasteiger partial charge in [0.2, 0.25) is 5.91 Å². The number of carbonyl (C=O) groups excluding carboxylic acids is 1. The number of aryl methyl sites for hydroxylation is 2. The zero-order valence-corrected chi connectivity index (χ0v) is 11.1. The molecule has 0 fully saturated rings. The SMILES string of the molecule is Cc1nc(NC(CC(N)=O)C(=O)O)c2cc(C)[nH]c2n1. The van der Waals surface area contributed by atoms with Gasteiger partial charge in [-0.1, -0.05) is 0 Å². The number of carbonyl (C=O) groups is 2. The van der Waals surface area contributed by atoms with Crippen LogP contribution in [0.25, 0.3) is 11.0 Å². The number of primary amides is 1. The second-order valence-electron chi connectivity index (χ2n) is 4.54. The number of hydrogen-bond acceptors (Lipinski definition) is 5. The predicted molar refractivity (Wildman–Crippen MR) is 72.2 cm³/mol. The second-order valence-corrected chi connectivity index (χ2v) is 4.54. The molecular weight excluding hydrogens is 262 g/mol. The molecule has 0 saturated carbocycles. The lowest BCUT2D eigenvalue weighted by Crippen LogP contribution is -2.34. The van der Waals surface area contributed by atoms with Crippen molar-refractivity contribution in [1.29, 1.82) is 0 Å². The van der Waals surface area contributed by atoms with Crippen molar-refractivity contribution in [2.24, 2.45) is 5.73 Å². The number of nitrogens with two attached hydrogens (primary N) is 1. The molecule has 0 saturated heterocycles. The number of anilines is 1.